The SMILES string of the molecule is CC(CN1CCOCC1)NCc1cccc(C(F)(F)F)c1. The summed E-state index contributed by atoms with van der Waals surface area (Å²) in [6.45, 7) is 6.69. The summed E-state index contributed by atoms with van der Waals surface area (Å²) >= 11 is 0. The topological polar surface area (TPSA) is 24.5 Å². The molecule has 118 valence electrons. The highest BCUT2D eigenvalue weighted by Gasteiger charge is 2.30. The van der Waals surface area contributed by atoms with Gasteiger partial charge in [0.15, 0.2) is 0 Å². The third kappa shape index (κ3) is 5.30. The number of rotatable bonds is 5. The van der Waals surface area contributed by atoms with Gasteiger partial charge in [-0.2, -0.15) is 13.2 Å². The van der Waals surface area contributed by atoms with Gasteiger partial charge in [-0.05, 0) is 18.6 Å². The molecule has 1 heterocycles. The van der Waals surface area contributed by atoms with Crippen LogP contribution in [0.25, 0.3) is 0 Å². The first kappa shape index (κ1) is 16.3. The van der Waals surface area contributed by atoms with Gasteiger partial charge < -0.3 is 10.1 Å². The van der Waals surface area contributed by atoms with Crippen molar-refractivity contribution in [2.45, 2.75) is 25.7 Å². The van der Waals surface area contributed by atoms with Crippen LogP contribution in [-0.4, -0.2) is 43.8 Å². The summed E-state index contributed by atoms with van der Waals surface area (Å²) in [6, 6.07) is 5.68. The normalized spacial score (nSPS) is 18.7. The molecule has 6 heteroatoms. The van der Waals surface area contributed by atoms with Crippen LogP contribution in [0.2, 0.25) is 0 Å². The number of hydrogen-bond donors (Lipinski definition) is 1. The van der Waals surface area contributed by atoms with E-state index >= 15 is 0 Å². The average molecular weight is 302 g/mol. The zero-order valence-corrected chi connectivity index (χ0v) is 12.1. The largest absolute Gasteiger partial charge is 0.416 e. The maximum Gasteiger partial charge on any atom is 0.416 e. The van der Waals surface area contributed by atoms with E-state index in [0.29, 0.717) is 12.1 Å². The van der Waals surface area contributed by atoms with Gasteiger partial charge in [0.25, 0.3) is 0 Å². The third-order valence-corrected chi connectivity index (χ3v) is 3.54. The van der Waals surface area contributed by atoms with Crippen molar-refractivity contribution in [3.63, 3.8) is 0 Å². The van der Waals surface area contributed by atoms with Crippen molar-refractivity contribution < 1.29 is 17.9 Å². The molecule has 1 aromatic rings. The summed E-state index contributed by atoms with van der Waals surface area (Å²) in [6.07, 6.45) is -4.28. The van der Waals surface area contributed by atoms with E-state index in [4.69, 9.17) is 4.74 Å². The molecule has 2 rings (SSSR count). The lowest BCUT2D eigenvalue weighted by atomic mass is 10.1. The Morgan fingerprint density at radius 1 is 1.29 bits per heavy atom. The second-order valence-electron chi connectivity index (χ2n) is 5.39. The monoisotopic (exact) mass is 302 g/mol. The van der Waals surface area contributed by atoms with Crippen LogP contribution in [0.15, 0.2) is 24.3 Å². The van der Waals surface area contributed by atoms with Crippen LogP contribution < -0.4 is 5.32 Å². The Bertz CT molecular complexity index is 445. The lowest BCUT2D eigenvalue weighted by Crippen LogP contribution is -2.44. The summed E-state index contributed by atoms with van der Waals surface area (Å²) < 4.78 is 43.2. The summed E-state index contributed by atoms with van der Waals surface area (Å²) in [5.41, 5.74) is 0.0567. The number of alkyl halides is 3. The number of nitrogens with one attached hydrogen (secondary N) is 1. The van der Waals surface area contributed by atoms with E-state index in [2.05, 4.69) is 10.2 Å². The van der Waals surface area contributed by atoms with Crippen molar-refractivity contribution in [1.82, 2.24) is 10.2 Å². The van der Waals surface area contributed by atoms with Gasteiger partial charge >= 0.3 is 6.18 Å². The zero-order valence-electron chi connectivity index (χ0n) is 12.1. The molecule has 1 aliphatic rings. The quantitative estimate of drug-likeness (QED) is 0.904. The molecule has 0 aliphatic carbocycles. The van der Waals surface area contributed by atoms with E-state index in [1.54, 1.807) is 6.07 Å². The highest BCUT2D eigenvalue weighted by molar-refractivity contribution is 5.25. The molecule has 1 atom stereocenters. The Morgan fingerprint density at radius 2 is 2.00 bits per heavy atom. The number of morpholine rings is 1. The molecule has 1 saturated heterocycles. The van der Waals surface area contributed by atoms with E-state index in [-0.39, 0.29) is 6.04 Å². The van der Waals surface area contributed by atoms with E-state index in [0.717, 1.165) is 38.9 Å². The molecule has 0 bridgehead atoms. The number of ether oxygens (including phenoxy) is 1. The Morgan fingerprint density at radius 3 is 2.67 bits per heavy atom. The van der Waals surface area contributed by atoms with Crippen molar-refractivity contribution in [2.24, 2.45) is 0 Å². The molecule has 0 aromatic heterocycles. The molecule has 0 saturated carbocycles. The first-order chi connectivity index (χ1) is 9.95. The van der Waals surface area contributed by atoms with Gasteiger partial charge in [-0.15, -0.1) is 0 Å². The van der Waals surface area contributed by atoms with Crippen LogP contribution in [0.1, 0.15) is 18.1 Å². The van der Waals surface area contributed by atoms with Crippen LogP contribution in [0.3, 0.4) is 0 Å². The molecule has 1 fully saturated rings. The molecule has 1 aliphatic heterocycles. The van der Waals surface area contributed by atoms with E-state index in [9.17, 15) is 13.2 Å². The molecule has 21 heavy (non-hydrogen) atoms. The maximum absolute atomic E-state index is 12.6. The molecule has 1 aromatic carbocycles. The Balaban J connectivity index is 1.82. The summed E-state index contributed by atoms with van der Waals surface area (Å²) in [7, 11) is 0. The van der Waals surface area contributed by atoms with Crippen LogP contribution in [0.5, 0.6) is 0 Å². The maximum atomic E-state index is 12.6. The predicted octanol–water partition coefficient (Wildman–Crippen LogP) is 2.52. The Labute approximate surface area is 123 Å². The first-order valence-corrected chi connectivity index (χ1v) is 7.15. The number of benzene rings is 1. The molecule has 1 N–H and O–H groups in total. The molecular formula is C15H21F3N2O. The fraction of sp³-hybridized carbons (Fsp3) is 0.600. The summed E-state index contributed by atoms with van der Waals surface area (Å²) in [5, 5.41) is 3.28. The molecule has 3 nitrogen and oxygen atoms in total. The minimum atomic E-state index is -4.28. The number of hydrogen-bond acceptors (Lipinski definition) is 3. The second kappa shape index (κ2) is 7.24. The molecule has 1 unspecified atom stereocenters. The fourth-order valence-corrected chi connectivity index (χ4v) is 2.39. The van der Waals surface area contributed by atoms with E-state index in [1.807, 2.05) is 6.92 Å². The van der Waals surface area contributed by atoms with Crippen molar-refractivity contribution in [2.75, 3.05) is 32.8 Å². The van der Waals surface area contributed by atoms with Crippen LogP contribution in [-0.2, 0) is 17.5 Å². The Hall–Kier alpha value is -1.11. The zero-order chi connectivity index (χ0) is 15.3. The highest BCUT2D eigenvalue weighted by atomic mass is 19.4. The molecular weight excluding hydrogens is 281 g/mol. The summed E-state index contributed by atoms with van der Waals surface area (Å²) in [5.74, 6) is 0. The van der Waals surface area contributed by atoms with Crippen molar-refractivity contribution in [3.05, 3.63) is 35.4 Å². The Kier molecular flexibility index (Phi) is 5.61. The van der Waals surface area contributed by atoms with Crippen LogP contribution in [0, 0.1) is 0 Å². The van der Waals surface area contributed by atoms with Gasteiger partial charge in [0.1, 0.15) is 0 Å². The average Bonchev–Trinajstić information content (AvgIpc) is 2.46. The van der Waals surface area contributed by atoms with Gasteiger partial charge in [0.2, 0.25) is 0 Å². The highest BCUT2D eigenvalue weighted by Crippen LogP contribution is 2.29. The van der Waals surface area contributed by atoms with Gasteiger partial charge in [0.05, 0.1) is 18.8 Å². The van der Waals surface area contributed by atoms with Crippen LogP contribution >= 0.6 is 0 Å². The molecule has 0 amide bonds. The van der Waals surface area contributed by atoms with Gasteiger partial charge in [-0.3, -0.25) is 4.90 Å². The minimum Gasteiger partial charge on any atom is -0.379 e. The molecule has 0 spiro atoms. The standard InChI is InChI=1S/C15H21F3N2O/c1-12(11-20-5-7-21-8-6-20)19-10-13-3-2-4-14(9-13)15(16,17)18/h2-4,9,12,19H,5-8,10-11H2,1H3. The molecule has 0 radical (unpaired) electrons. The first-order valence-electron chi connectivity index (χ1n) is 7.15. The minimum absolute atomic E-state index is 0.220. The van der Waals surface area contributed by atoms with Crippen molar-refractivity contribution in [3.8, 4) is 0 Å². The lowest BCUT2D eigenvalue weighted by Gasteiger charge is -2.29. The van der Waals surface area contributed by atoms with E-state index in [1.165, 1.54) is 12.1 Å². The second-order valence-corrected chi connectivity index (χ2v) is 5.39. The number of halogens is 3. The van der Waals surface area contributed by atoms with Gasteiger partial charge in [-0.25, -0.2) is 0 Å². The number of nitrogens with zero attached hydrogens (tertiary/aromatic N) is 1. The summed E-state index contributed by atoms with van der Waals surface area (Å²) in [4.78, 5) is 2.30. The smallest absolute Gasteiger partial charge is 0.379 e. The van der Waals surface area contributed by atoms with E-state index < -0.39 is 11.7 Å². The van der Waals surface area contributed by atoms with Gasteiger partial charge in [-0.1, -0.05) is 18.2 Å². The fourth-order valence-electron chi connectivity index (χ4n) is 2.39. The lowest BCUT2D eigenvalue weighted by molar-refractivity contribution is -0.137. The van der Waals surface area contributed by atoms with Crippen molar-refractivity contribution >= 4 is 0 Å². The predicted molar refractivity (Wildman–Crippen MR) is 75.0 cm³/mol. The van der Waals surface area contributed by atoms with Crippen LogP contribution in [0.4, 0.5) is 13.2 Å². The third-order valence-electron chi connectivity index (χ3n) is 3.54. The van der Waals surface area contributed by atoms with Gasteiger partial charge in [0, 0.05) is 32.2 Å². The van der Waals surface area contributed by atoms with Crippen molar-refractivity contribution in [1.29, 1.82) is 0 Å².